The van der Waals surface area contributed by atoms with Gasteiger partial charge in [0.1, 0.15) is 0 Å². The van der Waals surface area contributed by atoms with Crippen molar-refractivity contribution in [2.75, 3.05) is 18.8 Å². The fraction of sp³-hybridized carbons (Fsp3) is 0.381. The van der Waals surface area contributed by atoms with Gasteiger partial charge in [-0.1, -0.05) is 36.4 Å². The molecule has 4 rings (SSSR count). The molecule has 1 saturated heterocycles. The Kier molecular flexibility index (Phi) is 6.90. The van der Waals surface area contributed by atoms with Crippen molar-refractivity contribution in [3.05, 3.63) is 47.3 Å². The van der Waals surface area contributed by atoms with E-state index in [-0.39, 0.29) is 16.4 Å². The van der Waals surface area contributed by atoms with Crippen molar-refractivity contribution in [3.8, 4) is 10.7 Å². The third kappa shape index (κ3) is 4.77. The second-order valence-corrected chi connectivity index (χ2v) is 11.1. The summed E-state index contributed by atoms with van der Waals surface area (Å²) in [4.78, 5) is 14.0. The summed E-state index contributed by atoms with van der Waals surface area (Å²) in [6, 6.07) is 10.2. The number of hydrogen-bond donors (Lipinski definition) is 0. The Morgan fingerprint density at radius 3 is 2.48 bits per heavy atom. The van der Waals surface area contributed by atoms with Crippen LogP contribution in [0.1, 0.15) is 36.5 Å². The maximum atomic E-state index is 12.8. The van der Waals surface area contributed by atoms with Gasteiger partial charge < -0.3 is 4.57 Å². The number of thiophene rings is 1. The minimum Gasteiger partial charge on any atom is -0.302 e. The third-order valence-electron chi connectivity index (χ3n) is 5.24. The highest BCUT2D eigenvalue weighted by molar-refractivity contribution is 7.99. The number of ketones is 1. The average molecular weight is 477 g/mol. The van der Waals surface area contributed by atoms with Crippen LogP contribution in [0.25, 0.3) is 10.7 Å². The number of benzene rings is 1. The van der Waals surface area contributed by atoms with Gasteiger partial charge >= 0.3 is 0 Å². The Morgan fingerprint density at radius 2 is 1.84 bits per heavy atom. The predicted octanol–water partition coefficient (Wildman–Crippen LogP) is 4.18. The molecule has 0 unspecified atom stereocenters. The number of nitrogens with zero attached hydrogens (tertiary/aromatic N) is 4. The summed E-state index contributed by atoms with van der Waals surface area (Å²) in [6.45, 7) is 3.85. The van der Waals surface area contributed by atoms with Crippen LogP contribution in [0.15, 0.2) is 51.8 Å². The Hall–Kier alpha value is -2.01. The van der Waals surface area contributed by atoms with Gasteiger partial charge in [-0.3, -0.25) is 4.79 Å². The highest BCUT2D eigenvalue weighted by Gasteiger charge is 2.26. The number of aromatic nitrogens is 3. The van der Waals surface area contributed by atoms with E-state index < -0.39 is 10.0 Å². The van der Waals surface area contributed by atoms with E-state index in [1.54, 1.807) is 23.5 Å². The lowest BCUT2D eigenvalue weighted by Crippen LogP contribution is -2.35. The van der Waals surface area contributed by atoms with E-state index in [0.717, 1.165) is 30.0 Å². The minimum absolute atomic E-state index is 0.0738. The van der Waals surface area contributed by atoms with Gasteiger partial charge in [0.25, 0.3) is 0 Å². The first-order chi connectivity index (χ1) is 15.0. The molecule has 3 heterocycles. The van der Waals surface area contributed by atoms with E-state index in [9.17, 15) is 13.2 Å². The van der Waals surface area contributed by atoms with Gasteiger partial charge in [-0.15, -0.1) is 21.5 Å². The van der Waals surface area contributed by atoms with Crippen LogP contribution in [0.5, 0.6) is 0 Å². The van der Waals surface area contributed by atoms with Crippen molar-refractivity contribution in [1.29, 1.82) is 0 Å². The molecule has 164 valence electrons. The van der Waals surface area contributed by atoms with Crippen LogP contribution >= 0.6 is 23.1 Å². The van der Waals surface area contributed by atoms with Crippen molar-refractivity contribution in [2.45, 2.75) is 42.8 Å². The summed E-state index contributed by atoms with van der Waals surface area (Å²) in [7, 11) is -3.49. The average Bonchev–Trinajstić information content (AvgIpc) is 3.47. The quantitative estimate of drug-likeness (QED) is 0.358. The van der Waals surface area contributed by atoms with Crippen LogP contribution in [-0.2, 0) is 16.6 Å². The molecule has 7 nitrogen and oxygen atoms in total. The van der Waals surface area contributed by atoms with Crippen LogP contribution in [0, 0.1) is 0 Å². The summed E-state index contributed by atoms with van der Waals surface area (Å²) in [5.74, 6) is 0.941. The van der Waals surface area contributed by atoms with E-state index in [2.05, 4.69) is 10.2 Å². The smallest absolute Gasteiger partial charge is 0.243 e. The molecule has 1 aliphatic heterocycles. The summed E-state index contributed by atoms with van der Waals surface area (Å²) >= 11 is 2.94. The van der Waals surface area contributed by atoms with Gasteiger partial charge in [0.15, 0.2) is 16.8 Å². The molecule has 0 atom stereocenters. The second kappa shape index (κ2) is 9.64. The first-order valence-corrected chi connectivity index (χ1v) is 13.5. The standard InChI is InChI=1S/C21H24N4O3S3/c1-2-25-20(19-7-6-14-29-19)22-23-21(25)30-15-18(26)16-8-10-17(11-9-16)31(27,28)24-12-4-3-5-13-24/h6-11,14H,2-5,12-13,15H2,1H3. The zero-order valence-corrected chi connectivity index (χ0v) is 19.7. The van der Waals surface area contributed by atoms with E-state index in [1.165, 1.54) is 28.2 Å². The lowest BCUT2D eigenvalue weighted by Gasteiger charge is -2.25. The summed E-state index contributed by atoms with van der Waals surface area (Å²) in [5, 5.41) is 11.2. The molecule has 10 heteroatoms. The van der Waals surface area contributed by atoms with Crippen molar-refractivity contribution in [1.82, 2.24) is 19.1 Å². The number of piperidine rings is 1. The van der Waals surface area contributed by atoms with Crippen molar-refractivity contribution in [2.24, 2.45) is 0 Å². The number of carbonyl (C=O) groups excluding carboxylic acids is 1. The molecule has 1 aliphatic rings. The van der Waals surface area contributed by atoms with Crippen molar-refractivity contribution >= 4 is 38.9 Å². The lowest BCUT2D eigenvalue weighted by molar-refractivity contribution is 0.102. The highest BCUT2D eigenvalue weighted by Crippen LogP contribution is 2.28. The molecule has 31 heavy (non-hydrogen) atoms. The zero-order valence-electron chi connectivity index (χ0n) is 17.2. The number of hydrogen-bond acceptors (Lipinski definition) is 7. The van der Waals surface area contributed by atoms with Gasteiger partial charge in [-0.25, -0.2) is 8.42 Å². The zero-order chi connectivity index (χ0) is 21.8. The maximum Gasteiger partial charge on any atom is 0.243 e. The first kappa shape index (κ1) is 22.2. The predicted molar refractivity (Wildman–Crippen MR) is 123 cm³/mol. The number of rotatable bonds is 8. The Balaban J connectivity index is 1.43. The molecule has 0 aliphatic carbocycles. The summed E-state index contributed by atoms with van der Waals surface area (Å²) in [5.41, 5.74) is 0.492. The summed E-state index contributed by atoms with van der Waals surface area (Å²) in [6.07, 6.45) is 2.85. The highest BCUT2D eigenvalue weighted by atomic mass is 32.2. The molecule has 0 amide bonds. The SMILES string of the molecule is CCn1c(SCC(=O)c2ccc(S(=O)(=O)N3CCCCC3)cc2)nnc1-c1cccs1. The Labute approximate surface area is 190 Å². The molecule has 1 aromatic carbocycles. The molecular formula is C21H24N4O3S3. The maximum absolute atomic E-state index is 12.8. The molecule has 0 saturated carbocycles. The Morgan fingerprint density at radius 1 is 1.10 bits per heavy atom. The topological polar surface area (TPSA) is 85.2 Å². The van der Waals surface area contributed by atoms with Gasteiger partial charge in [-0.05, 0) is 43.3 Å². The molecule has 0 N–H and O–H groups in total. The van der Waals surface area contributed by atoms with Gasteiger partial charge in [-0.2, -0.15) is 4.31 Å². The number of thioether (sulfide) groups is 1. The minimum atomic E-state index is -3.49. The third-order valence-corrected chi connectivity index (χ3v) is 8.98. The van der Waals surface area contributed by atoms with Gasteiger partial charge in [0, 0.05) is 25.2 Å². The largest absolute Gasteiger partial charge is 0.302 e. The fourth-order valence-corrected chi connectivity index (χ4v) is 6.68. The Bertz CT molecular complexity index is 1130. The van der Waals surface area contributed by atoms with Gasteiger partial charge in [0.05, 0.1) is 15.5 Å². The van der Waals surface area contributed by atoms with E-state index in [4.69, 9.17) is 0 Å². The second-order valence-electron chi connectivity index (χ2n) is 7.23. The molecular weight excluding hydrogens is 452 g/mol. The molecule has 1 fully saturated rings. The summed E-state index contributed by atoms with van der Waals surface area (Å²) < 4.78 is 29.1. The normalized spacial score (nSPS) is 15.3. The van der Waals surface area contributed by atoms with Crippen molar-refractivity contribution < 1.29 is 13.2 Å². The monoisotopic (exact) mass is 476 g/mol. The molecule has 2 aromatic heterocycles. The van der Waals surface area contributed by atoms with Crippen LogP contribution in [0.4, 0.5) is 0 Å². The van der Waals surface area contributed by atoms with Crippen LogP contribution in [0.2, 0.25) is 0 Å². The molecule has 0 bridgehead atoms. The fourth-order valence-electron chi connectivity index (χ4n) is 3.55. The lowest BCUT2D eigenvalue weighted by atomic mass is 10.1. The van der Waals surface area contributed by atoms with Gasteiger partial charge in [0.2, 0.25) is 10.0 Å². The van der Waals surface area contributed by atoms with E-state index in [0.29, 0.717) is 30.4 Å². The van der Waals surface area contributed by atoms with Crippen LogP contribution < -0.4 is 0 Å². The first-order valence-electron chi connectivity index (χ1n) is 10.2. The van der Waals surface area contributed by atoms with Crippen LogP contribution in [0.3, 0.4) is 0 Å². The number of sulfonamides is 1. The number of carbonyl (C=O) groups is 1. The van der Waals surface area contributed by atoms with Crippen LogP contribution in [-0.4, -0.2) is 52.1 Å². The molecule has 3 aromatic rings. The van der Waals surface area contributed by atoms with E-state index in [1.807, 2.05) is 29.0 Å². The number of Topliss-reactive ketones (excluding diaryl/α,β-unsaturated/α-hetero) is 1. The van der Waals surface area contributed by atoms with E-state index >= 15 is 0 Å². The van der Waals surface area contributed by atoms with Crippen molar-refractivity contribution in [3.63, 3.8) is 0 Å². The molecule has 0 radical (unpaired) electrons. The molecule has 0 spiro atoms.